The fourth-order valence-electron chi connectivity index (χ4n) is 2.19. The Morgan fingerprint density at radius 2 is 2.11 bits per heavy atom. The minimum Gasteiger partial charge on any atom is -0.369 e. The largest absolute Gasteiger partial charge is 0.369 e. The third kappa shape index (κ3) is 4.14. The summed E-state index contributed by atoms with van der Waals surface area (Å²) < 4.78 is 0. The lowest BCUT2D eigenvalue weighted by molar-refractivity contribution is 0.425. The summed E-state index contributed by atoms with van der Waals surface area (Å²) in [5.41, 5.74) is 0. The van der Waals surface area contributed by atoms with Gasteiger partial charge in [-0.1, -0.05) is 12.8 Å². The third-order valence-corrected chi connectivity index (χ3v) is 3.21. The predicted molar refractivity (Wildman–Crippen MR) is 75.0 cm³/mol. The van der Waals surface area contributed by atoms with Crippen molar-refractivity contribution in [3.05, 3.63) is 12.3 Å². The van der Waals surface area contributed by atoms with Crippen molar-refractivity contribution in [2.24, 2.45) is 0 Å². The van der Waals surface area contributed by atoms with E-state index >= 15 is 0 Å². The Bertz CT molecular complexity index is 360. The van der Waals surface area contributed by atoms with Crippen molar-refractivity contribution in [2.75, 3.05) is 37.8 Å². The lowest BCUT2D eigenvalue weighted by atomic mass is 10.2. The molecular formula is C13H23N5. The highest BCUT2D eigenvalue weighted by Crippen LogP contribution is 2.20. The highest BCUT2D eigenvalue weighted by Gasteiger charge is 2.15. The maximum Gasteiger partial charge on any atom is 0.224 e. The van der Waals surface area contributed by atoms with Crippen LogP contribution in [0.15, 0.2) is 12.3 Å². The Morgan fingerprint density at radius 3 is 2.83 bits per heavy atom. The second-order valence-electron chi connectivity index (χ2n) is 5.12. The van der Waals surface area contributed by atoms with Gasteiger partial charge < -0.3 is 15.5 Å². The van der Waals surface area contributed by atoms with Gasteiger partial charge in [0.25, 0.3) is 0 Å². The molecule has 0 unspecified atom stereocenters. The number of nitrogens with one attached hydrogen (secondary N) is 2. The molecule has 1 saturated carbocycles. The van der Waals surface area contributed by atoms with Gasteiger partial charge in [-0.2, -0.15) is 4.98 Å². The van der Waals surface area contributed by atoms with Crippen LogP contribution >= 0.6 is 0 Å². The SMILES string of the molecule is CN(C)CCNc1ccnc(NC2CCCC2)n1. The van der Waals surface area contributed by atoms with E-state index in [2.05, 4.69) is 39.6 Å². The maximum absolute atomic E-state index is 4.48. The summed E-state index contributed by atoms with van der Waals surface area (Å²) in [4.78, 5) is 10.9. The standard InChI is InChI=1S/C13H23N5/c1-18(2)10-9-14-12-7-8-15-13(17-12)16-11-5-3-4-6-11/h7-8,11H,3-6,9-10H2,1-2H3,(H2,14,15,16,17). The number of rotatable bonds is 6. The van der Waals surface area contributed by atoms with E-state index < -0.39 is 0 Å². The second kappa shape index (κ2) is 6.54. The Balaban J connectivity index is 1.84. The summed E-state index contributed by atoms with van der Waals surface area (Å²) in [6, 6.07) is 2.47. The third-order valence-electron chi connectivity index (χ3n) is 3.21. The summed E-state index contributed by atoms with van der Waals surface area (Å²) in [6.07, 6.45) is 6.92. The molecule has 0 bridgehead atoms. The number of nitrogens with zero attached hydrogens (tertiary/aromatic N) is 3. The maximum atomic E-state index is 4.48. The van der Waals surface area contributed by atoms with Crippen LogP contribution in [0.1, 0.15) is 25.7 Å². The fraction of sp³-hybridized carbons (Fsp3) is 0.692. The van der Waals surface area contributed by atoms with E-state index in [1.54, 1.807) is 0 Å². The number of likely N-dealkylation sites (N-methyl/N-ethyl adjacent to an activating group) is 1. The van der Waals surface area contributed by atoms with Crippen molar-refractivity contribution in [3.8, 4) is 0 Å². The first-order valence-electron chi connectivity index (χ1n) is 6.72. The van der Waals surface area contributed by atoms with Gasteiger partial charge in [0, 0.05) is 25.3 Å². The molecular weight excluding hydrogens is 226 g/mol. The molecule has 1 aromatic rings. The molecule has 0 saturated heterocycles. The van der Waals surface area contributed by atoms with Crippen LogP contribution in [0.5, 0.6) is 0 Å². The molecule has 100 valence electrons. The van der Waals surface area contributed by atoms with Crippen LogP contribution in [0.4, 0.5) is 11.8 Å². The number of hydrogen-bond acceptors (Lipinski definition) is 5. The smallest absolute Gasteiger partial charge is 0.224 e. The van der Waals surface area contributed by atoms with Crippen molar-refractivity contribution >= 4 is 11.8 Å². The van der Waals surface area contributed by atoms with Gasteiger partial charge in [0.05, 0.1) is 0 Å². The van der Waals surface area contributed by atoms with E-state index in [1.165, 1.54) is 25.7 Å². The first kappa shape index (κ1) is 13.1. The van der Waals surface area contributed by atoms with Crippen LogP contribution in [0.3, 0.4) is 0 Å². The molecule has 1 heterocycles. The highest BCUT2D eigenvalue weighted by molar-refractivity contribution is 5.40. The Kier molecular flexibility index (Phi) is 4.75. The molecule has 2 rings (SSSR count). The Morgan fingerprint density at radius 1 is 1.33 bits per heavy atom. The van der Waals surface area contributed by atoms with Gasteiger partial charge in [-0.15, -0.1) is 0 Å². The molecule has 1 aromatic heterocycles. The van der Waals surface area contributed by atoms with Crippen molar-refractivity contribution in [1.82, 2.24) is 14.9 Å². The monoisotopic (exact) mass is 249 g/mol. The van der Waals surface area contributed by atoms with Gasteiger partial charge in [0.1, 0.15) is 5.82 Å². The first-order chi connectivity index (χ1) is 8.74. The molecule has 5 nitrogen and oxygen atoms in total. The highest BCUT2D eigenvalue weighted by atomic mass is 15.2. The van der Waals surface area contributed by atoms with Crippen molar-refractivity contribution < 1.29 is 0 Å². The summed E-state index contributed by atoms with van der Waals surface area (Å²) in [7, 11) is 4.13. The number of hydrogen-bond donors (Lipinski definition) is 2. The summed E-state index contributed by atoms with van der Waals surface area (Å²) in [6.45, 7) is 1.89. The zero-order valence-corrected chi connectivity index (χ0v) is 11.3. The lowest BCUT2D eigenvalue weighted by Gasteiger charge is -2.13. The van der Waals surface area contributed by atoms with Crippen LogP contribution < -0.4 is 10.6 Å². The molecule has 0 spiro atoms. The van der Waals surface area contributed by atoms with Gasteiger partial charge >= 0.3 is 0 Å². The molecule has 0 amide bonds. The zero-order valence-electron chi connectivity index (χ0n) is 11.3. The van der Waals surface area contributed by atoms with Crippen LogP contribution in [0, 0.1) is 0 Å². The van der Waals surface area contributed by atoms with E-state index in [0.29, 0.717) is 6.04 Å². The Hall–Kier alpha value is -1.36. The van der Waals surface area contributed by atoms with Crippen LogP contribution in [0.2, 0.25) is 0 Å². The topological polar surface area (TPSA) is 53.1 Å². The zero-order chi connectivity index (χ0) is 12.8. The number of aromatic nitrogens is 2. The molecule has 18 heavy (non-hydrogen) atoms. The Labute approximate surface area is 109 Å². The molecule has 0 aliphatic heterocycles. The fourth-order valence-corrected chi connectivity index (χ4v) is 2.19. The van der Waals surface area contributed by atoms with Gasteiger partial charge in [-0.3, -0.25) is 0 Å². The summed E-state index contributed by atoms with van der Waals surface area (Å²) >= 11 is 0. The van der Waals surface area contributed by atoms with Crippen LogP contribution in [0.25, 0.3) is 0 Å². The molecule has 1 aliphatic carbocycles. The van der Waals surface area contributed by atoms with E-state index in [4.69, 9.17) is 0 Å². The minimum atomic E-state index is 0.557. The van der Waals surface area contributed by atoms with Crippen molar-refractivity contribution in [3.63, 3.8) is 0 Å². The van der Waals surface area contributed by atoms with E-state index in [9.17, 15) is 0 Å². The quantitative estimate of drug-likeness (QED) is 0.805. The van der Waals surface area contributed by atoms with Gasteiger partial charge in [-0.25, -0.2) is 4.98 Å². The predicted octanol–water partition coefficient (Wildman–Crippen LogP) is 1.80. The van der Waals surface area contributed by atoms with E-state index in [1.807, 2.05) is 12.3 Å². The molecule has 5 heteroatoms. The molecule has 0 radical (unpaired) electrons. The molecule has 1 fully saturated rings. The average Bonchev–Trinajstić information content (AvgIpc) is 2.82. The molecule has 2 N–H and O–H groups in total. The van der Waals surface area contributed by atoms with Gasteiger partial charge in [0.2, 0.25) is 5.95 Å². The lowest BCUT2D eigenvalue weighted by Crippen LogP contribution is -2.21. The second-order valence-corrected chi connectivity index (χ2v) is 5.12. The normalized spacial score (nSPS) is 16.2. The average molecular weight is 249 g/mol. The molecule has 1 aliphatic rings. The van der Waals surface area contributed by atoms with Crippen LogP contribution in [-0.2, 0) is 0 Å². The van der Waals surface area contributed by atoms with E-state index in [-0.39, 0.29) is 0 Å². The summed E-state index contributed by atoms with van der Waals surface area (Å²) in [5.74, 6) is 1.64. The van der Waals surface area contributed by atoms with Crippen LogP contribution in [-0.4, -0.2) is 48.1 Å². The van der Waals surface area contributed by atoms with Crippen molar-refractivity contribution in [1.29, 1.82) is 0 Å². The summed E-state index contributed by atoms with van der Waals surface area (Å²) in [5, 5.41) is 6.72. The van der Waals surface area contributed by atoms with E-state index in [0.717, 1.165) is 24.9 Å². The molecule has 0 atom stereocenters. The number of anilines is 2. The van der Waals surface area contributed by atoms with Crippen molar-refractivity contribution in [2.45, 2.75) is 31.7 Å². The van der Waals surface area contributed by atoms with Gasteiger partial charge in [-0.05, 0) is 33.0 Å². The van der Waals surface area contributed by atoms with Gasteiger partial charge in [0.15, 0.2) is 0 Å². The molecule has 0 aromatic carbocycles. The first-order valence-corrected chi connectivity index (χ1v) is 6.72. The minimum absolute atomic E-state index is 0.557.